The summed E-state index contributed by atoms with van der Waals surface area (Å²) < 4.78 is 77.9. The van der Waals surface area contributed by atoms with Gasteiger partial charge in [0, 0.05) is 5.56 Å². The standard InChI is InChI=1S/C22H17Cl3F6N2S2/c1-11-6-12(2-4-14(11)20(35)32-9-18(34)33-10-21(26,27)28)3-5-15(22(29,30)31)13-7-16(23)19(25)17(24)8-13/h2-8,15H,9-10H2,1H3,(H,32,35)(H,33,34). The van der Waals surface area contributed by atoms with E-state index >= 15 is 0 Å². The molecular weight excluding hydrogens is 577 g/mol. The van der Waals surface area contributed by atoms with E-state index in [0.29, 0.717) is 16.7 Å². The summed E-state index contributed by atoms with van der Waals surface area (Å²) in [6.07, 6.45) is -6.73. The molecule has 0 heterocycles. The Morgan fingerprint density at radius 3 is 2.09 bits per heavy atom. The van der Waals surface area contributed by atoms with E-state index in [0.717, 1.165) is 18.2 Å². The van der Waals surface area contributed by atoms with Crippen LogP contribution in [-0.4, -0.2) is 35.4 Å². The molecule has 0 fully saturated rings. The van der Waals surface area contributed by atoms with Crippen molar-refractivity contribution in [3.63, 3.8) is 0 Å². The van der Waals surface area contributed by atoms with E-state index in [1.807, 2.05) is 0 Å². The van der Waals surface area contributed by atoms with Crippen LogP contribution in [0.15, 0.2) is 36.4 Å². The van der Waals surface area contributed by atoms with E-state index in [9.17, 15) is 26.3 Å². The summed E-state index contributed by atoms with van der Waals surface area (Å²) >= 11 is 27.7. The molecule has 1 atom stereocenters. The van der Waals surface area contributed by atoms with Crippen molar-refractivity contribution in [1.82, 2.24) is 10.6 Å². The Morgan fingerprint density at radius 2 is 1.57 bits per heavy atom. The Labute approximate surface area is 223 Å². The first kappa shape index (κ1) is 29.6. The quantitative estimate of drug-likeness (QED) is 0.193. The van der Waals surface area contributed by atoms with Gasteiger partial charge in [-0.3, -0.25) is 0 Å². The molecule has 2 N–H and O–H groups in total. The first-order valence-corrected chi connectivity index (χ1v) is 11.6. The molecule has 0 amide bonds. The smallest absolute Gasteiger partial charge is 0.369 e. The van der Waals surface area contributed by atoms with Crippen molar-refractivity contribution in [2.75, 3.05) is 13.1 Å². The molecule has 0 aromatic heterocycles. The number of benzene rings is 2. The number of halogens is 9. The van der Waals surface area contributed by atoms with Crippen LogP contribution in [0.4, 0.5) is 26.3 Å². The van der Waals surface area contributed by atoms with Crippen LogP contribution in [0, 0.1) is 6.92 Å². The average Bonchev–Trinajstić information content (AvgIpc) is 2.73. The molecule has 0 saturated carbocycles. The van der Waals surface area contributed by atoms with Crippen molar-refractivity contribution in [2.24, 2.45) is 0 Å². The SMILES string of the molecule is Cc1cc(C=CC(c2cc(Cl)c(Cl)c(Cl)c2)C(F)(F)F)ccc1C(=S)NCC(=S)NCC(F)(F)F. The van der Waals surface area contributed by atoms with E-state index < -0.39 is 24.8 Å². The second-order valence-electron chi connectivity index (χ2n) is 7.33. The molecule has 35 heavy (non-hydrogen) atoms. The molecular formula is C22H17Cl3F6N2S2. The molecule has 0 aliphatic rings. The minimum Gasteiger partial charge on any atom is -0.369 e. The van der Waals surface area contributed by atoms with Crippen molar-refractivity contribution in [3.8, 4) is 0 Å². The Balaban J connectivity index is 2.15. The van der Waals surface area contributed by atoms with Crippen molar-refractivity contribution in [1.29, 1.82) is 0 Å². The largest absolute Gasteiger partial charge is 0.405 e. The number of hydrogen-bond acceptors (Lipinski definition) is 2. The maximum Gasteiger partial charge on any atom is 0.405 e. The van der Waals surface area contributed by atoms with Crippen molar-refractivity contribution < 1.29 is 26.3 Å². The van der Waals surface area contributed by atoms with Gasteiger partial charge >= 0.3 is 12.4 Å². The summed E-state index contributed by atoms with van der Waals surface area (Å²) in [5, 5.41) is 4.62. The van der Waals surface area contributed by atoms with Crippen LogP contribution in [0.1, 0.15) is 28.2 Å². The third-order valence-corrected chi connectivity index (χ3v) is 6.44. The lowest BCUT2D eigenvalue weighted by molar-refractivity contribution is -0.139. The van der Waals surface area contributed by atoms with Gasteiger partial charge in [0.25, 0.3) is 0 Å². The highest BCUT2D eigenvalue weighted by Crippen LogP contribution is 2.41. The van der Waals surface area contributed by atoms with Gasteiger partial charge in [0.1, 0.15) is 11.5 Å². The highest BCUT2D eigenvalue weighted by atomic mass is 35.5. The molecule has 0 spiro atoms. The number of rotatable bonds is 7. The molecule has 1 unspecified atom stereocenters. The summed E-state index contributed by atoms with van der Waals surface area (Å²) in [4.78, 5) is 0.162. The van der Waals surface area contributed by atoms with Gasteiger partial charge in [0.05, 0.1) is 32.5 Å². The van der Waals surface area contributed by atoms with Crippen molar-refractivity contribution in [3.05, 3.63) is 73.7 Å². The van der Waals surface area contributed by atoms with Gasteiger partial charge in [-0.15, -0.1) is 0 Å². The highest BCUT2D eigenvalue weighted by Gasteiger charge is 2.39. The van der Waals surface area contributed by atoms with E-state index in [-0.39, 0.29) is 37.2 Å². The number of aryl methyl sites for hydroxylation is 1. The summed E-state index contributed by atoms with van der Waals surface area (Å²) in [6, 6.07) is 7.00. The third kappa shape index (κ3) is 9.09. The summed E-state index contributed by atoms with van der Waals surface area (Å²) in [5.41, 5.74) is 1.50. The number of alkyl halides is 6. The predicted molar refractivity (Wildman–Crippen MR) is 137 cm³/mol. The molecule has 13 heteroatoms. The molecule has 0 radical (unpaired) electrons. The second kappa shape index (κ2) is 12.1. The average molecular weight is 594 g/mol. The lowest BCUT2D eigenvalue weighted by atomic mass is 9.96. The molecule has 0 aliphatic heterocycles. The second-order valence-corrected chi connectivity index (χ2v) is 9.42. The van der Waals surface area contributed by atoms with Crippen LogP contribution >= 0.6 is 59.2 Å². The monoisotopic (exact) mass is 592 g/mol. The molecule has 2 aromatic rings. The minimum absolute atomic E-state index is 0.0327. The van der Waals surface area contributed by atoms with Gasteiger partial charge in [-0.2, -0.15) is 26.3 Å². The Hall–Kier alpha value is -1.59. The first-order valence-electron chi connectivity index (χ1n) is 9.70. The van der Waals surface area contributed by atoms with E-state index in [1.165, 1.54) is 6.08 Å². The van der Waals surface area contributed by atoms with Gasteiger partial charge in [-0.05, 0) is 35.7 Å². The van der Waals surface area contributed by atoms with Gasteiger partial charge in [0.2, 0.25) is 0 Å². The van der Waals surface area contributed by atoms with Crippen LogP contribution in [0.2, 0.25) is 15.1 Å². The summed E-state index contributed by atoms with van der Waals surface area (Å²) in [6.45, 7) is 0.333. The molecule has 0 aliphatic carbocycles. The zero-order valence-corrected chi connectivity index (χ0v) is 21.7. The predicted octanol–water partition coefficient (Wildman–Crippen LogP) is 8.06. The van der Waals surface area contributed by atoms with Crippen molar-refractivity contribution >= 4 is 75.3 Å². The number of nitrogens with one attached hydrogen (secondary N) is 2. The Morgan fingerprint density at radius 1 is 0.971 bits per heavy atom. The lowest BCUT2D eigenvalue weighted by Crippen LogP contribution is -2.39. The molecule has 0 bridgehead atoms. The number of allylic oxidation sites excluding steroid dienone is 1. The lowest BCUT2D eigenvalue weighted by Gasteiger charge is -2.18. The van der Waals surface area contributed by atoms with Gasteiger partial charge in [-0.25, -0.2) is 0 Å². The first-order chi connectivity index (χ1) is 16.1. The highest BCUT2D eigenvalue weighted by molar-refractivity contribution is 7.81. The Bertz CT molecular complexity index is 1110. The third-order valence-electron chi connectivity index (χ3n) is 4.59. The zero-order chi connectivity index (χ0) is 26.6. The number of thiocarbonyl (C=S) groups is 2. The molecule has 0 saturated heterocycles. The van der Waals surface area contributed by atoms with E-state index in [4.69, 9.17) is 59.2 Å². The maximum atomic E-state index is 13.7. The van der Waals surface area contributed by atoms with E-state index in [2.05, 4.69) is 10.6 Å². The van der Waals surface area contributed by atoms with Crippen LogP contribution in [0.3, 0.4) is 0 Å². The van der Waals surface area contributed by atoms with Crippen LogP contribution < -0.4 is 10.6 Å². The van der Waals surface area contributed by atoms with Gasteiger partial charge < -0.3 is 10.6 Å². The zero-order valence-electron chi connectivity index (χ0n) is 17.8. The number of hydrogen-bond donors (Lipinski definition) is 2. The molecule has 190 valence electrons. The molecule has 2 nitrogen and oxygen atoms in total. The van der Waals surface area contributed by atoms with Crippen LogP contribution in [-0.2, 0) is 0 Å². The van der Waals surface area contributed by atoms with Crippen LogP contribution in [0.25, 0.3) is 6.08 Å². The Kier molecular flexibility index (Phi) is 10.2. The fraction of sp³-hybridized carbons (Fsp3) is 0.273. The topological polar surface area (TPSA) is 24.1 Å². The summed E-state index contributed by atoms with van der Waals surface area (Å²) in [5.74, 6) is -1.98. The minimum atomic E-state index is -4.62. The normalized spacial score (nSPS) is 13.1. The fourth-order valence-electron chi connectivity index (χ4n) is 2.93. The molecule has 2 rings (SSSR count). The maximum absolute atomic E-state index is 13.7. The van der Waals surface area contributed by atoms with Gasteiger partial charge in [0.15, 0.2) is 0 Å². The molecule has 2 aromatic carbocycles. The fourth-order valence-corrected chi connectivity index (χ4v) is 3.99. The summed E-state index contributed by atoms with van der Waals surface area (Å²) in [7, 11) is 0. The van der Waals surface area contributed by atoms with E-state index in [1.54, 1.807) is 25.1 Å². The van der Waals surface area contributed by atoms with Gasteiger partial charge in [-0.1, -0.05) is 89.6 Å². The van der Waals surface area contributed by atoms with Crippen LogP contribution in [0.5, 0.6) is 0 Å². The van der Waals surface area contributed by atoms with Crippen molar-refractivity contribution in [2.45, 2.75) is 25.2 Å².